The minimum Gasteiger partial charge on any atom is -0.368 e. The Labute approximate surface area is 55.0 Å². The predicted octanol–water partition coefficient (Wildman–Crippen LogP) is 0.168. The zero-order chi connectivity index (χ0) is 7.28. The van der Waals surface area contributed by atoms with Crippen LogP contribution in [0.15, 0.2) is 4.99 Å². The molecular weight excluding hydrogens is 118 g/mol. The molecule has 0 bridgehead atoms. The number of hydrogen-bond acceptors (Lipinski definition) is 3. The summed E-state index contributed by atoms with van der Waals surface area (Å²) in [5.41, 5.74) is 0.968. The maximum absolute atomic E-state index is 8.35. The van der Waals surface area contributed by atoms with Crippen molar-refractivity contribution in [2.24, 2.45) is 4.99 Å². The molecule has 0 aromatic rings. The highest BCUT2D eigenvalue weighted by atomic mass is 16.5. The van der Waals surface area contributed by atoms with Gasteiger partial charge in [0, 0.05) is 18.7 Å². The molecule has 0 amide bonds. The third-order valence-electron chi connectivity index (χ3n) is 0.815. The lowest BCUT2D eigenvalue weighted by molar-refractivity contribution is -0.0429. The molecule has 0 saturated heterocycles. The molecule has 0 aromatic carbocycles. The molecule has 0 saturated carbocycles. The Morgan fingerprint density at radius 3 is 2.33 bits per heavy atom. The van der Waals surface area contributed by atoms with Crippen molar-refractivity contribution in [3.63, 3.8) is 0 Å². The lowest BCUT2D eigenvalue weighted by atomic mass is 10.4. The lowest BCUT2D eigenvalue weighted by Gasteiger charge is -1.98. The normalized spacial score (nSPS) is 9.89. The summed E-state index contributed by atoms with van der Waals surface area (Å²) in [5.74, 6) is 0. The van der Waals surface area contributed by atoms with E-state index in [1.54, 1.807) is 0 Å². The van der Waals surface area contributed by atoms with Crippen LogP contribution in [-0.4, -0.2) is 28.8 Å². The summed E-state index contributed by atoms with van der Waals surface area (Å²) < 4.78 is 0. The third kappa shape index (κ3) is 7.59. The van der Waals surface area contributed by atoms with Crippen LogP contribution in [0.1, 0.15) is 20.3 Å². The second-order valence-corrected chi connectivity index (χ2v) is 2.10. The molecule has 0 aliphatic carbocycles. The summed E-state index contributed by atoms with van der Waals surface area (Å²) in [5, 5.41) is 16.7. The number of hydrogen-bond donors (Lipinski definition) is 2. The average Bonchev–Trinajstić information content (AvgIpc) is 1.63. The Kier molecular flexibility index (Phi) is 4.26. The molecular formula is C6H13NO2. The van der Waals surface area contributed by atoms with Crippen LogP contribution >= 0.6 is 0 Å². The molecule has 0 heterocycles. The van der Waals surface area contributed by atoms with Gasteiger partial charge in [-0.15, -0.1) is 0 Å². The SMILES string of the molecule is CC(C)=NCCC(O)O. The summed E-state index contributed by atoms with van der Waals surface area (Å²) in [4.78, 5) is 3.96. The number of aliphatic hydroxyl groups is 2. The second-order valence-electron chi connectivity index (χ2n) is 2.10. The minimum atomic E-state index is -1.21. The van der Waals surface area contributed by atoms with Crippen LogP contribution in [0.25, 0.3) is 0 Å². The maximum Gasteiger partial charge on any atom is 0.153 e. The largest absolute Gasteiger partial charge is 0.368 e. The highest BCUT2D eigenvalue weighted by Crippen LogP contribution is 1.86. The molecule has 3 heteroatoms. The van der Waals surface area contributed by atoms with Crippen molar-refractivity contribution < 1.29 is 10.2 Å². The average molecular weight is 131 g/mol. The smallest absolute Gasteiger partial charge is 0.153 e. The molecule has 0 aliphatic heterocycles. The van der Waals surface area contributed by atoms with E-state index < -0.39 is 6.29 Å². The molecule has 54 valence electrons. The Hall–Kier alpha value is -0.410. The van der Waals surface area contributed by atoms with Gasteiger partial charge < -0.3 is 10.2 Å². The molecule has 0 aliphatic rings. The van der Waals surface area contributed by atoms with E-state index in [-0.39, 0.29) is 0 Å². The molecule has 0 atom stereocenters. The number of aliphatic imine (C=N–C) groups is 1. The van der Waals surface area contributed by atoms with Gasteiger partial charge in [0.05, 0.1) is 0 Å². The van der Waals surface area contributed by atoms with Crippen LogP contribution in [0.2, 0.25) is 0 Å². The molecule has 0 spiro atoms. The second kappa shape index (κ2) is 4.47. The van der Waals surface area contributed by atoms with Gasteiger partial charge >= 0.3 is 0 Å². The van der Waals surface area contributed by atoms with Gasteiger partial charge in [0.1, 0.15) is 0 Å². The van der Waals surface area contributed by atoms with Crippen molar-refractivity contribution in [3.05, 3.63) is 0 Å². The molecule has 2 N–H and O–H groups in total. The van der Waals surface area contributed by atoms with Crippen LogP contribution in [0.3, 0.4) is 0 Å². The van der Waals surface area contributed by atoms with E-state index in [1.807, 2.05) is 13.8 Å². The van der Waals surface area contributed by atoms with E-state index in [0.29, 0.717) is 13.0 Å². The highest BCUT2D eigenvalue weighted by Gasteiger charge is 1.93. The first kappa shape index (κ1) is 8.59. The molecule has 3 nitrogen and oxygen atoms in total. The van der Waals surface area contributed by atoms with Crippen molar-refractivity contribution in [1.82, 2.24) is 0 Å². The summed E-state index contributed by atoms with van der Waals surface area (Å²) >= 11 is 0. The van der Waals surface area contributed by atoms with E-state index in [2.05, 4.69) is 4.99 Å². The molecule has 0 rings (SSSR count). The zero-order valence-corrected chi connectivity index (χ0v) is 5.83. The molecule has 0 radical (unpaired) electrons. The van der Waals surface area contributed by atoms with Crippen molar-refractivity contribution in [3.8, 4) is 0 Å². The van der Waals surface area contributed by atoms with Crippen LogP contribution in [0.5, 0.6) is 0 Å². The van der Waals surface area contributed by atoms with Gasteiger partial charge in [-0.25, -0.2) is 0 Å². The van der Waals surface area contributed by atoms with Gasteiger partial charge in [-0.2, -0.15) is 0 Å². The van der Waals surface area contributed by atoms with E-state index in [0.717, 1.165) is 5.71 Å². The van der Waals surface area contributed by atoms with Crippen molar-refractivity contribution >= 4 is 5.71 Å². The zero-order valence-electron chi connectivity index (χ0n) is 5.83. The van der Waals surface area contributed by atoms with Crippen molar-refractivity contribution in [1.29, 1.82) is 0 Å². The minimum absolute atomic E-state index is 0.325. The fraction of sp³-hybridized carbons (Fsp3) is 0.833. The Morgan fingerprint density at radius 2 is 2.00 bits per heavy atom. The first-order valence-electron chi connectivity index (χ1n) is 2.96. The quantitative estimate of drug-likeness (QED) is 0.423. The summed E-state index contributed by atoms with van der Waals surface area (Å²) in [6.45, 7) is 4.26. The van der Waals surface area contributed by atoms with Gasteiger partial charge in [0.2, 0.25) is 0 Å². The van der Waals surface area contributed by atoms with Crippen molar-refractivity contribution in [2.75, 3.05) is 6.54 Å². The predicted molar refractivity (Wildman–Crippen MR) is 36.5 cm³/mol. The maximum atomic E-state index is 8.35. The number of rotatable bonds is 3. The Morgan fingerprint density at radius 1 is 1.44 bits per heavy atom. The van der Waals surface area contributed by atoms with Gasteiger partial charge in [-0.05, 0) is 13.8 Å². The van der Waals surface area contributed by atoms with Gasteiger partial charge in [0.15, 0.2) is 6.29 Å². The first-order chi connectivity index (χ1) is 4.13. The van der Waals surface area contributed by atoms with Crippen LogP contribution in [-0.2, 0) is 0 Å². The van der Waals surface area contributed by atoms with Crippen molar-refractivity contribution in [2.45, 2.75) is 26.6 Å². The molecule has 0 aromatic heterocycles. The topological polar surface area (TPSA) is 52.8 Å². The first-order valence-corrected chi connectivity index (χ1v) is 2.96. The van der Waals surface area contributed by atoms with E-state index in [9.17, 15) is 0 Å². The molecule has 0 unspecified atom stereocenters. The Bertz CT molecular complexity index is 95.2. The fourth-order valence-corrected chi connectivity index (χ4v) is 0.404. The number of aliphatic hydroxyl groups excluding tert-OH is 1. The highest BCUT2D eigenvalue weighted by molar-refractivity contribution is 5.78. The van der Waals surface area contributed by atoms with Crippen LogP contribution in [0.4, 0.5) is 0 Å². The molecule has 9 heavy (non-hydrogen) atoms. The number of nitrogens with zero attached hydrogens (tertiary/aromatic N) is 1. The van der Waals surface area contributed by atoms with Gasteiger partial charge in [-0.1, -0.05) is 0 Å². The third-order valence-corrected chi connectivity index (χ3v) is 0.815. The van der Waals surface area contributed by atoms with E-state index in [1.165, 1.54) is 0 Å². The lowest BCUT2D eigenvalue weighted by Crippen LogP contribution is -2.05. The van der Waals surface area contributed by atoms with E-state index >= 15 is 0 Å². The standard InChI is InChI=1S/C6H13NO2/c1-5(2)7-4-3-6(8)9/h6,8-9H,3-4H2,1-2H3. The monoisotopic (exact) mass is 131 g/mol. The van der Waals surface area contributed by atoms with Crippen LogP contribution in [0, 0.1) is 0 Å². The fourth-order valence-electron chi connectivity index (χ4n) is 0.404. The summed E-state index contributed by atoms with van der Waals surface area (Å²) in [6.07, 6.45) is -0.890. The van der Waals surface area contributed by atoms with Crippen LogP contribution < -0.4 is 0 Å². The summed E-state index contributed by atoms with van der Waals surface area (Å²) in [6, 6.07) is 0. The van der Waals surface area contributed by atoms with E-state index in [4.69, 9.17) is 10.2 Å². The summed E-state index contributed by atoms with van der Waals surface area (Å²) in [7, 11) is 0. The Balaban J connectivity index is 3.20. The van der Waals surface area contributed by atoms with Gasteiger partial charge in [0.25, 0.3) is 0 Å². The van der Waals surface area contributed by atoms with Gasteiger partial charge in [-0.3, -0.25) is 4.99 Å². The molecule has 0 fully saturated rings.